The van der Waals surface area contributed by atoms with Crippen LogP contribution in [0.1, 0.15) is 45.7 Å². The van der Waals surface area contributed by atoms with Crippen molar-refractivity contribution in [2.45, 2.75) is 41.0 Å². The summed E-state index contributed by atoms with van der Waals surface area (Å²) in [5, 5.41) is 13.7. The molecule has 0 aliphatic heterocycles. The van der Waals surface area contributed by atoms with E-state index in [0.29, 0.717) is 70.9 Å². The van der Waals surface area contributed by atoms with Crippen molar-refractivity contribution in [3.8, 4) is 28.5 Å². The van der Waals surface area contributed by atoms with E-state index in [-0.39, 0.29) is 0 Å². The number of alkyl carbamates (subject to hydrolysis) is 1. The van der Waals surface area contributed by atoms with E-state index in [2.05, 4.69) is 20.8 Å². The smallest absolute Gasteiger partial charge is 0.407 e. The molecular formula is C31H44N4O7. The predicted molar refractivity (Wildman–Crippen MR) is 162 cm³/mol. The number of carbonyl (C=O) groups excluding carboxylic acids is 1. The third-order valence-corrected chi connectivity index (χ3v) is 6.03. The van der Waals surface area contributed by atoms with E-state index in [1.807, 2.05) is 64.1 Å². The predicted octanol–water partition coefficient (Wildman–Crippen LogP) is 5.71. The van der Waals surface area contributed by atoms with Gasteiger partial charge in [-0.05, 0) is 50.6 Å². The molecule has 11 heteroatoms. The number of ether oxygens (including phenoxy) is 6. The lowest BCUT2D eigenvalue weighted by molar-refractivity contribution is 0.0367. The zero-order valence-electron chi connectivity index (χ0n) is 25.3. The lowest BCUT2D eigenvalue weighted by atomic mass is 10.1. The van der Waals surface area contributed by atoms with Crippen LogP contribution in [0.2, 0.25) is 0 Å². The van der Waals surface area contributed by atoms with Gasteiger partial charge in [0.2, 0.25) is 0 Å². The highest BCUT2D eigenvalue weighted by molar-refractivity contribution is 5.81. The molecule has 0 atom stereocenters. The Kier molecular flexibility index (Phi) is 13.8. The second-order valence-corrected chi connectivity index (χ2v) is 8.80. The molecule has 0 fully saturated rings. The average molecular weight is 585 g/mol. The number of hydrogen-bond donors (Lipinski definition) is 3. The zero-order valence-corrected chi connectivity index (χ0v) is 25.3. The molecule has 3 N–H and O–H groups in total. The van der Waals surface area contributed by atoms with Crippen molar-refractivity contribution < 1.29 is 33.2 Å². The number of aromatic amines is 1. The minimum atomic E-state index is -0.443. The van der Waals surface area contributed by atoms with Crippen molar-refractivity contribution in [2.24, 2.45) is 0 Å². The number of anilines is 2. The minimum Gasteiger partial charge on any atom is -0.494 e. The molecule has 42 heavy (non-hydrogen) atoms. The first-order valence-corrected chi connectivity index (χ1v) is 14.7. The average Bonchev–Trinajstić information content (AvgIpc) is 3.55. The number of benzene rings is 2. The third kappa shape index (κ3) is 9.28. The summed E-state index contributed by atoms with van der Waals surface area (Å²) in [6.45, 7) is 13.5. The summed E-state index contributed by atoms with van der Waals surface area (Å²) in [6, 6.07) is 11.9. The molecule has 4 rings (SSSR count). The summed E-state index contributed by atoms with van der Waals surface area (Å²) >= 11 is 0. The monoisotopic (exact) mass is 584 g/mol. The summed E-state index contributed by atoms with van der Waals surface area (Å²) < 4.78 is 33.4. The summed E-state index contributed by atoms with van der Waals surface area (Å²) in [5.74, 6) is 2.96. The number of amides is 1. The van der Waals surface area contributed by atoms with E-state index in [1.54, 1.807) is 6.92 Å². The van der Waals surface area contributed by atoms with E-state index >= 15 is 0 Å². The van der Waals surface area contributed by atoms with Gasteiger partial charge < -0.3 is 39.1 Å². The molecule has 0 spiro atoms. The van der Waals surface area contributed by atoms with Gasteiger partial charge in [-0.2, -0.15) is 5.10 Å². The number of hydrogen-bond acceptors (Lipinski definition) is 9. The van der Waals surface area contributed by atoms with E-state index in [9.17, 15) is 4.79 Å². The first kappa shape index (κ1) is 32.6. The van der Waals surface area contributed by atoms with Crippen LogP contribution in [0.5, 0.6) is 17.2 Å². The molecule has 1 amide bonds. The Balaban J connectivity index is 0.00000237. The number of rotatable bonds is 17. The van der Waals surface area contributed by atoms with Crippen LogP contribution in [-0.2, 0) is 20.6 Å². The molecule has 0 bridgehead atoms. The Morgan fingerprint density at radius 3 is 2.38 bits per heavy atom. The highest BCUT2D eigenvalue weighted by Gasteiger charge is 2.27. The van der Waals surface area contributed by atoms with Crippen molar-refractivity contribution in [3.63, 3.8) is 0 Å². The van der Waals surface area contributed by atoms with Gasteiger partial charge >= 0.3 is 6.09 Å². The van der Waals surface area contributed by atoms with Crippen molar-refractivity contribution in [1.82, 2.24) is 15.5 Å². The number of carbonyl (C=O) groups is 1. The normalized spacial score (nSPS) is 11.1. The lowest BCUT2D eigenvalue weighted by Crippen LogP contribution is -2.28. The molecule has 1 aliphatic rings. The maximum Gasteiger partial charge on any atom is 0.407 e. The minimum absolute atomic E-state index is 0.341. The van der Waals surface area contributed by atoms with Crippen molar-refractivity contribution >= 4 is 17.6 Å². The van der Waals surface area contributed by atoms with Crippen LogP contribution in [0.3, 0.4) is 0 Å². The SMILES string of the molecule is CC.CCOC(=O)NCCOCCOCCOc1cc2c(cc1OCC)Cc1c(Nc3cccc(OCC)c3)n[nH]c1-2. The summed E-state index contributed by atoms with van der Waals surface area (Å²) in [7, 11) is 0. The summed E-state index contributed by atoms with van der Waals surface area (Å²) in [6.07, 6.45) is 0.287. The van der Waals surface area contributed by atoms with E-state index in [1.165, 1.54) is 0 Å². The van der Waals surface area contributed by atoms with Gasteiger partial charge in [-0.1, -0.05) is 19.9 Å². The molecule has 11 nitrogen and oxygen atoms in total. The molecule has 0 saturated heterocycles. The molecule has 0 radical (unpaired) electrons. The van der Waals surface area contributed by atoms with Crippen molar-refractivity contribution in [3.05, 3.63) is 47.5 Å². The van der Waals surface area contributed by atoms with Crippen molar-refractivity contribution in [1.29, 1.82) is 0 Å². The zero-order chi connectivity index (χ0) is 30.2. The van der Waals surface area contributed by atoms with Crippen LogP contribution >= 0.6 is 0 Å². The highest BCUT2D eigenvalue weighted by Crippen LogP contribution is 2.44. The Bertz CT molecular complexity index is 1250. The second kappa shape index (κ2) is 17.8. The number of aromatic nitrogens is 2. The maximum atomic E-state index is 11.2. The molecular weight excluding hydrogens is 540 g/mol. The van der Waals surface area contributed by atoms with Gasteiger partial charge in [0.1, 0.15) is 12.4 Å². The van der Waals surface area contributed by atoms with Crippen molar-refractivity contribution in [2.75, 3.05) is 64.7 Å². The Hall–Kier alpha value is -3.96. The molecule has 1 heterocycles. The number of H-pyrrole nitrogens is 1. The molecule has 3 aromatic rings. The maximum absolute atomic E-state index is 11.2. The molecule has 1 aromatic heterocycles. The van der Waals surface area contributed by atoms with Gasteiger partial charge in [0.25, 0.3) is 0 Å². The molecule has 0 unspecified atom stereocenters. The number of nitrogens with one attached hydrogen (secondary N) is 3. The molecule has 2 aromatic carbocycles. The first-order chi connectivity index (χ1) is 20.6. The van der Waals surface area contributed by atoms with E-state index < -0.39 is 6.09 Å². The van der Waals surface area contributed by atoms with Gasteiger partial charge in [-0.15, -0.1) is 0 Å². The highest BCUT2D eigenvalue weighted by atomic mass is 16.6. The van der Waals surface area contributed by atoms with E-state index in [0.717, 1.165) is 46.1 Å². The van der Waals surface area contributed by atoms with Crippen LogP contribution < -0.4 is 24.8 Å². The molecule has 1 aliphatic carbocycles. The van der Waals surface area contributed by atoms with Crippen LogP contribution in [0.25, 0.3) is 11.3 Å². The van der Waals surface area contributed by atoms with Crippen LogP contribution in [-0.4, -0.2) is 75.7 Å². The fraction of sp³-hybridized carbons (Fsp3) is 0.484. The van der Waals surface area contributed by atoms with Crippen LogP contribution in [0.15, 0.2) is 36.4 Å². The van der Waals surface area contributed by atoms with Gasteiger partial charge in [0.05, 0.1) is 51.9 Å². The largest absolute Gasteiger partial charge is 0.494 e. The lowest BCUT2D eigenvalue weighted by Gasteiger charge is -2.14. The molecule has 0 saturated carbocycles. The second-order valence-electron chi connectivity index (χ2n) is 8.80. The topological polar surface area (TPSA) is 125 Å². The Labute approximate surface area is 248 Å². The fourth-order valence-electron chi connectivity index (χ4n) is 4.32. The van der Waals surface area contributed by atoms with E-state index in [4.69, 9.17) is 28.4 Å². The van der Waals surface area contributed by atoms with Crippen LogP contribution in [0, 0.1) is 0 Å². The van der Waals surface area contributed by atoms with Gasteiger partial charge in [-0.25, -0.2) is 4.79 Å². The summed E-state index contributed by atoms with van der Waals surface area (Å²) in [4.78, 5) is 11.2. The Morgan fingerprint density at radius 2 is 1.62 bits per heavy atom. The quantitative estimate of drug-likeness (QED) is 0.134. The van der Waals surface area contributed by atoms with Gasteiger partial charge in [0, 0.05) is 35.8 Å². The van der Waals surface area contributed by atoms with Crippen LogP contribution in [0.4, 0.5) is 16.3 Å². The number of nitrogens with zero attached hydrogens (tertiary/aromatic N) is 1. The fourth-order valence-corrected chi connectivity index (χ4v) is 4.32. The number of fused-ring (bicyclic) bond motifs is 3. The first-order valence-electron chi connectivity index (χ1n) is 14.7. The van der Waals surface area contributed by atoms with Gasteiger partial charge in [0.15, 0.2) is 17.3 Å². The van der Waals surface area contributed by atoms with Gasteiger partial charge in [-0.3, -0.25) is 5.10 Å². The molecule has 230 valence electrons. The summed E-state index contributed by atoms with van der Waals surface area (Å²) in [5.41, 5.74) is 5.17. The third-order valence-electron chi connectivity index (χ3n) is 6.03. The standard InChI is InChI=1S/C29H38N4O7.C2H6/c1-4-37-22-9-7-8-21(18-22)31-28-24-16-20-17-25(38-5-2)26(19-23(20)27(24)32-33-28)40-15-14-36-13-12-35-11-10-30-29(34)39-6-3;1-2/h7-9,17-19H,4-6,10-16H2,1-3H3,(H,30,34)(H2,31,32,33);1-2H3. The Morgan fingerprint density at radius 1 is 0.881 bits per heavy atom.